The van der Waals surface area contributed by atoms with Gasteiger partial charge in [-0.2, -0.15) is 0 Å². The van der Waals surface area contributed by atoms with Crippen molar-refractivity contribution < 1.29 is 5.11 Å². The molecule has 1 heterocycles. The molecule has 0 radical (unpaired) electrons. The lowest BCUT2D eigenvalue weighted by atomic mass is 9.97. The molecule has 0 spiro atoms. The normalized spacial score (nSPS) is 11.8. The molecule has 2 rings (SSSR count). The Morgan fingerprint density at radius 1 is 1.16 bits per heavy atom. The number of nitrogens with one attached hydrogen (secondary N) is 1. The van der Waals surface area contributed by atoms with Crippen LogP contribution in [-0.2, 0) is 0 Å². The van der Waals surface area contributed by atoms with E-state index in [-0.39, 0.29) is 0 Å². The average molecular weight is 280 g/mol. The third-order valence-corrected chi connectivity index (χ3v) is 3.82. The van der Waals surface area contributed by atoms with Crippen molar-refractivity contribution in [1.29, 1.82) is 0 Å². The third-order valence-electron chi connectivity index (χ3n) is 3.54. The standard InChI is InChI=1S/C14H18ClN3O/c1-3-14(19,4-2)9-16-13-11-8-6-5-7-10(11)12(15)17-18-13/h5-8,19H,3-4,9H2,1-2H3,(H,16,18). The maximum Gasteiger partial charge on any atom is 0.159 e. The highest BCUT2D eigenvalue weighted by molar-refractivity contribution is 6.34. The highest BCUT2D eigenvalue weighted by Gasteiger charge is 2.22. The molecule has 19 heavy (non-hydrogen) atoms. The van der Waals surface area contributed by atoms with Gasteiger partial charge in [-0.05, 0) is 12.8 Å². The predicted octanol–water partition coefficient (Wildman–Crippen LogP) is 3.25. The number of halogens is 1. The van der Waals surface area contributed by atoms with E-state index in [4.69, 9.17) is 11.6 Å². The van der Waals surface area contributed by atoms with Crippen LogP contribution in [0.3, 0.4) is 0 Å². The third kappa shape index (κ3) is 2.96. The minimum atomic E-state index is -0.720. The topological polar surface area (TPSA) is 58.0 Å². The molecule has 4 nitrogen and oxygen atoms in total. The summed E-state index contributed by atoms with van der Waals surface area (Å²) < 4.78 is 0. The molecule has 0 saturated carbocycles. The van der Waals surface area contributed by atoms with Gasteiger partial charge in [0.15, 0.2) is 11.0 Å². The Kier molecular flexibility index (Phi) is 4.22. The highest BCUT2D eigenvalue weighted by Crippen LogP contribution is 2.26. The first kappa shape index (κ1) is 14.0. The zero-order valence-electron chi connectivity index (χ0n) is 11.2. The van der Waals surface area contributed by atoms with Gasteiger partial charge >= 0.3 is 0 Å². The smallest absolute Gasteiger partial charge is 0.159 e. The van der Waals surface area contributed by atoms with Crippen molar-refractivity contribution in [3.8, 4) is 0 Å². The molecule has 2 N–H and O–H groups in total. The SMILES string of the molecule is CCC(O)(CC)CNc1nnc(Cl)c2ccccc12. The van der Waals surface area contributed by atoms with Gasteiger partial charge in [-0.1, -0.05) is 49.7 Å². The summed E-state index contributed by atoms with van der Waals surface area (Å²) in [6, 6.07) is 7.68. The zero-order valence-corrected chi connectivity index (χ0v) is 11.9. The van der Waals surface area contributed by atoms with E-state index in [1.807, 2.05) is 38.1 Å². The van der Waals surface area contributed by atoms with Crippen LogP contribution in [0.1, 0.15) is 26.7 Å². The maximum atomic E-state index is 10.3. The van der Waals surface area contributed by atoms with E-state index in [0.717, 1.165) is 10.8 Å². The summed E-state index contributed by atoms with van der Waals surface area (Å²) in [6.45, 7) is 4.38. The fourth-order valence-electron chi connectivity index (χ4n) is 1.95. The summed E-state index contributed by atoms with van der Waals surface area (Å²) in [6.07, 6.45) is 1.38. The van der Waals surface area contributed by atoms with Crippen molar-refractivity contribution in [2.24, 2.45) is 0 Å². The van der Waals surface area contributed by atoms with Crippen LogP contribution < -0.4 is 5.32 Å². The van der Waals surface area contributed by atoms with E-state index >= 15 is 0 Å². The van der Waals surface area contributed by atoms with Crippen LogP contribution in [0.2, 0.25) is 5.15 Å². The number of nitrogens with zero attached hydrogens (tertiary/aromatic N) is 2. The van der Waals surface area contributed by atoms with Crippen LogP contribution in [0.5, 0.6) is 0 Å². The van der Waals surface area contributed by atoms with Crippen molar-refractivity contribution in [1.82, 2.24) is 10.2 Å². The number of fused-ring (bicyclic) bond motifs is 1. The van der Waals surface area contributed by atoms with Gasteiger partial charge in [0, 0.05) is 17.3 Å². The second-order valence-corrected chi connectivity index (χ2v) is 5.03. The van der Waals surface area contributed by atoms with E-state index in [2.05, 4.69) is 15.5 Å². The van der Waals surface area contributed by atoms with E-state index in [0.29, 0.717) is 30.4 Å². The number of anilines is 1. The molecule has 102 valence electrons. The monoisotopic (exact) mass is 279 g/mol. The number of rotatable bonds is 5. The zero-order chi connectivity index (χ0) is 13.9. The molecular weight excluding hydrogens is 262 g/mol. The van der Waals surface area contributed by atoms with Crippen molar-refractivity contribution in [3.63, 3.8) is 0 Å². The van der Waals surface area contributed by atoms with Gasteiger partial charge in [0.2, 0.25) is 0 Å². The van der Waals surface area contributed by atoms with Crippen molar-refractivity contribution >= 4 is 28.2 Å². The van der Waals surface area contributed by atoms with Gasteiger partial charge in [-0.3, -0.25) is 0 Å². The Hall–Kier alpha value is -1.39. The number of hydrogen-bond acceptors (Lipinski definition) is 4. The predicted molar refractivity (Wildman–Crippen MR) is 78.6 cm³/mol. The molecule has 0 unspecified atom stereocenters. The van der Waals surface area contributed by atoms with Crippen LogP contribution in [0.4, 0.5) is 5.82 Å². The summed E-state index contributed by atoms with van der Waals surface area (Å²) in [4.78, 5) is 0. The van der Waals surface area contributed by atoms with Gasteiger partial charge in [-0.25, -0.2) is 0 Å². The average Bonchev–Trinajstić information content (AvgIpc) is 2.46. The first-order chi connectivity index (χ1) is 9.09. The van der Waals surface area contributed by atoms with E-state index in [9.17, 15) is 5.11 Å². The minimum Gasteiger partial charge on any atom is -0.388 e. The Balaban J connectivity index is 2.29. The Bertz CT molecular complexity index is 570. The molecule has 1 aromatic heterocycles. The first-order valence-corrected chi connectivity index (χ1v) is 6.84. The van der Waals surface area contributed by atoms with Gasteiger partial charge in [-0.15, -0.1) is 10.2 Å². The number of aliphatic hydroxyl groups is 1. The fraction of sp³-hybridized carbons (Fsp3) is 0.429. The molecule has 2 aromatic rings. The molecule has 0 aliphatic rings. The van der Waals surface area contributed by atoms with Crippen molar-refractivity contribution in [2.45, 2.75) is 32.3 Å². The van der Waals surface area contributed by atoms with E-state index in [1.165, 1.54) is 0 Å². The van der Waals surface area contributed by atoms with Gasteiger partial charge in [0.1, 0.15) is 0 Å². The summed E-state index contributed by atoms with van der Waals surface area (Å²) in [7, 11) is 0. The lowest BCUT2D eigenvalue weighted by molar-refractivity contribution is 0.0456. The first-order valence-electron chi connectivity index (χ1n) is 6.47. The largest absolute Gasteiger partial charge is 0.388 e. The second kappa shape index (κ2) is 5.72. The Morgan fingerprint density at radius 2 is 1.79 bits per heavy atom. The van der Waals surface area contributed by atoms with Gasteiger partial charge in [0.05, 0.1) is 5.60 Å². The molecule has 5 heteroatoms. The van der Waals surface area contributed by atoms with E-state index in [1.54, 1.807) is 0 Å². The molecule has 0 fully saturated rings. The number of aromatic nitrogens is 2. The lowest BCUT2D eigenvalue weighted by Crippen LogP contribution is -2.35. The summed E-state index contributed by atoms with van der Waals surface area (Å²) in [5.41, 5.74) is -0.720. The summed E-state index contributed by atoms with van der Waals surface area (Å²) >= 11 is 6.02. The van der Waals surface area contributed by atoms with Crippen LogP contribution in [0.25, 0.3) is 10.8 Å². The molecular formula is C14H18ClN3O. The van der Waals surface area contributed by atoms with Crippen molar-refractivity contribution in [2.75, 3.05) is 11.9 Å². The quantitative estimate of drug-likeness (QED) is 0.882. The summed E-state index contributed by atoms with van der Waals surface area (Å²) in [5.74, 6) is 0.653. The van der Waals surface area contributed by atoms with Crippen molar-refractivity contribution in [3.05, 3.63) is 29.4 Å². The van der Waals surface area contributed by atoms with Gasteiger partial charge in [0.25, 0.3) is 0 Å². The van der Waals surface area contributed by atoms with Crippen LogP contribution in [0, 0.1) is 0 Å². The van der Waals surface area contributed by atoms with E-state index < -0.39 is 5.60 Å². The maximum absolute atomic E-state index is 10.3. The lowest BCUT2D eigenvalue weighted by Gasteiger charge is -2.25. The Morgan fingerprint density at radius 3 is 2.42 bits per heavy atom. The molecule has 0 aliphatic carbocycles. The second-order valence-electron chi connectivity index (χ2n) is 4.67. The molecule has 1 aromatic carbocycles. The molecule has 0 saturated heterocycles. The summed E-state index contributed by atoms with van der Waals surface area (Å²) in [5, 5.41) is 23.6. The molecule has 0 bridgehead atoms. The molecule has 0 amide bonds. The fourth-order valence-corrected chi connectivity index (χ4v) is 2.15. The highest BCUT2D eigenvalue weighted by atomic mass is 35.5. The van der Waals surface area contributed by atoms with Crippen LogP contribution in [-0.4, -0.2) is 27.4 Å². The number of benzene rings is 1. The van der Waals surface area contributed by atoms with Crippen LogP contribution in [0.15, 0.2) is 24.3 Å². The number of hydrogen-bond donors (Lipinski definition) is 2. The Labute approximate surface area is 117 Å². The van der Waals surface area contributed by atoms with Gasteiger partial charge < -0.3 is 10.4 Å². The minimum absolute atomic E-state index is 0.391. The van der Waals surface area contributed by atoms with Crippen LogP contribution >= 0.6 is 11.6 Å². The molecule has 0 atom stereocenters. The molecule has 0 aliphatic heterocycles.